The fraction of sp³-hybridized carbons (Fsp3) is 0.875. The Hall–Kier alpha value is 1.13. The maximum absolute atomic E-state index is 10.2. The number of carbonyl (C=O) groups is 1. The van der Waals surface area contributed by atoms with Crippen molar-refractivity contribution in [2.45, 2.75) is 39.5 Å². The van der Waals surface area contributed by atoms with Gasteiger partial charge in [-0.2, -0.15) is 0 Å². The summed E-state index contributed by atoms with van der Waals surface area (Å²) in [6, 6.07) is 0. The Morgan fingerprint density at radius 3 is 2.17 bits per heavy atom. The van der Waals surface area contributed by atoms with Crippen LogP contribution < -0.4 is 0 Å². The molecule has 0 rings (SSSR count). The van der Waals surface area contributed by atoms with E-state index < -0.39 is 20.8 Å². The minimum atomic E-state index is -0.826. The van der Waals surface area contributed by atoms with Crippen LogP contribution in [-0.4, -0.2) is 6.29 Å². The first-order valence-electron chi connectivity index (χ1n) is 4.18. The molecule has 12 heavy (non-hydrogen) atoms. The minimum absolute atomic E-state index is 0.324. The molecule has 72 valence electrons. The molecule has 0 aromatic rings. The van der Waals surface area contributed by atoms with Crippen LogP contribution in [0.3, 0.4) is 0 Å². The number of halogens is 2. The Kier molecular flexibility index (Phi) is 19.0. The summed E-state index contributed by atoms with van der Waals surface area (Å²) in [7, 11) is 9.87. The van der Waals surface area contributed by atoms with E-state index in [1.165, 1.54) is 12.8 Å². The summed E-state index contributed by atoms with van der Waals surface area (Å²) >= 11 is -0.826. The van der Waals surface area contributed by atoms with Gasteiger partial charge in [-0.25, -0.2) is 0 Å². The third kappa shape index (κ3) is 13.7. The van der Waals surface area contributed by atoms with Crippen LogP contribution in [0.15, 0.2) is 0 Å². The second kappa shape index (κ2) is 14.6. The molecule has 0 N–H and O–H groups in total. The van der Waals surface area contributed by atoms with E-state index in [4.69, 9.17) is 17.0 Å². The van der Waals surface area contributed by atoms with E-state index in [0.29, 0.717) is 5.92 Å². The van der Waals surface area contributed by atoms with Gasteiger partial charge in [-0.15, -0.1) is 0 Å². The number of hydrogen-bond donors (Lipinski definition) is 0. The first-order chi connectivity index (χ1) is 5.76. The molecule has 0 aromatic heterocycles. The van der Waals surface area contributed by atoms with Crippen LogP contribution in [0.1, 0.15) is 39.5 Å². The SMILES string of the molecule is CCCCC(C=O)CC.[Cl][Zr][Cl]. The Labute approximate surface area is 93.9 Å². The molecule has 0 radical (unpaired) electrons. The van der Waals surface area contributed by atoms with Crippen molar-refractivity contribution in [3.63, 3.8) is 0 Å². The first kappa shape index (κ1) is 15.6. The fourth-order valence-corrected chi connectivity index (χ4v) is 0.835. The van der Waals surface area contributed by atoms with Gasteiger partial charge in [-0.3, -0.25) is 0 Å². The van der Waals surface area contributed by atoms with Gasteiger partial charge >= 0.3 is 37.9 Å². The molecule has 1 unspecified atom stereocenters. The van der Waals surface area contributed by atoms with E-state index in [0.717, 1.165) is 19.1 Å². The normalized spacial score (nSPS) is 11.0. The molecule has 0 aromatic carbocycles. The van der Waals surface area contributed by atoms with Crippen LogP contribution in [0.25, 0.3) is 0 Å². The predicted octanol–water partition coefficient (Wildman–Crippen LogP) is 3.78. The topological polar surface area (TPSA) is 17.1 Å². The van der Waals surface area contributed by atoms with Crippen LogP contribution in [0, 0.1) is 5.92 Å². The quantitative estimate of drug-likeness (QED) is 0.704. The monoisotopic (exact) mass is 288 g/mol. The molecule has 0 spiro atoms. The van der Waals surface area contributed by atoms with E-state index in [-0.39, 0.29) is 0 Å². The number of rotatable bonds is 5. The molecular formula is C8H16Cl2OZr. The Morgan fingerprint density at radius 2 is 1.92 bits per heavy atom. The molecule has 0 fully saturated rings. The molecule has 0 bridgehead atoms. The average molecular weight is 290 g/mol. The van der Waals surface area contributed by atoms with E-state index >= 15 is 0 Å². The molecule has 1 nitrogen and oxygen atoms in total. The zero-order valence-electron chi connectivity index (χ0n) is 7.65. The van der Waals surface area contributed by atoms with E-state index in [2.05, 4.69) is 13.8 Å². The van der Waals surface area contributed by atoms with Gasteiger partial charge in [0.25, 0.3) is 0 Å². The second-order valence-electron chi connectivity index (χ2n) is 2.52. The third-order valence-corrected chi connectivity index (χ3v) is 1.65. The molecule has 0 heterocycles. The molecule has 0 aliphatic rings. The zero-order chi connectivity index (χ0) is 9.82. The number of carbonyl (C=O) groups excluding carboxylic acids is 1. The van der Waals surface area contributed by atoms with Crippen LogP contribution in [-0.2, 0) is 25.6 Å². The van der Waals surface area contributed by atoms with Crippen molar-refractivity contribution in [1.29, 1.82) is 0 Å². The molecule has 0 amide bonds. The second-order valence-corrected chi connectivity index (χ2v) is 6.25. The van der Waals surface area contributed by atoms with E-state index in [1.807, 2.05) is 0 Å². The molecular weight excluding hydrogens is 274 g/mol. The Bertz CT molecular complexity index is 91.1. The number of aldehydes is 1. The van der Waals surface area contributed by atoms with Gasteiger partial charge < -0.3 is 4.79 Å². The molecule has 0 aliphatic heterocycles. The molecule has 0 aliphatic carbocycles. The fourth-order valence-electron chi connectivity index (χ4n) is 0.835. The van der Waals surface area contributed by atoms with Gasteiger partial charge in [-0.1, -0.05) is 26.7 Å². The van der Waals surface area contributed by atoms with Gasteiger partial charge in [0.15, 0.2) is 0 Å². The molecule has 0 saturated carbocycles. The van der Waals surface area contributed by atoms with Crippen LogP contribution in [0.5, 0.6) is 0 Å². The maximum atomic E-state index is 10.2. The molecule has 1 atom stereocenters. The predicted molar refractivity (Wildman–Crippen MR) is 51.1 cm³/mol. The summed E-state index contributed by atoms with van der Waals surface area (Å²) < 4.78 is 0. The number of hydrogen-bond acceptors (Lipinski definition) is 1. The van der Waals surface area contributed by atoms with E-state index in [1.54, 1.807) is 0 Å². The van der Waals surface area contributed by atoms with Crippen LogP contribution in [0.2, 0.25) is 0 Å². The van der Waals surface area contributed by atoms with Gasteiger partial charge in [-0.05, 0) is 12.8 Å². The summed E-state index contributed by atoms with van der Waals surface area (Å²) in [5, 5.41) is 0. The standard InChI is InChI=1S/C8H16O.2ClH.Zr/c1-3-5-6-8(4-2)7-9;;;/h7-8H,3-6H2,1-2H3;2*1H;/q;;;+2/p-2. The summed E-state index contributed by atoms with van der Waals surface area (Å²) in [5.41, 5.74) is 0. The summed E-state index contributed by atoms with van der Waals surface area (Å²) in [6.45, 7) is 4.21. The van der Waals surface area contributed by atoms with Crippen molar-refractivity contribution in [1.82, 2.24) is 0 Å². The van der Waals surface area contributed by atoms with E-state index in [9.17, 15) is 4.79 Å². The van der Waals surface area contributed by atoms with Crippen molar-refractivity contribution in [2.75, 3.05) is 0 Å². The zero-order valence-corrected chi connectivity index (χ0v) is 11.6. The van der Waals surface area contributed by atoms with Gasteiger partial charge in [0.1, 0.15) is 6.29 Å². The van der Waals surface area contributed by atoms with Gasteiger partial charge in [0.2, 0.25) is 0 Å². The first-order valence-corrected chi connectivity index (χ1v) is 10.5. The average Bonchev–Trinajstić information content (AvgIpc) is 2.08. The van der Waals surface area contributed by atoms with Crippen molar-refractivity contribution in [3.05, 3.63) is 0 Å². The van der Waals surface area contributed by atoms with Crippen molar-refractivity contribution < 1.29 is 25.6 Å². The summed E-state index contributed by atoms with van der Waals surface area (Å²) in [5.74, 6) is 0.324. The summed E-state index contributed by atoms with van der Waals surface area (Å²) in [6.07, 6.45) is 5.55. The van der Waals surface area contributed by atoms with Crippen LogP contribution >= 0.6 is 17.0 Å². The van der Waals surface area contributed by atoms with Crippen molar-refractivity contribution in [3.8, 4) is 0 Å². The Morgan fingerprint density at radius 1 is 1.42 bits per heavy atom. The number of unbranched alkanes of at least 4 members (excludes halogenated alkanes) is 1. The van der Waals surface area contributed by atoms with Crippen LogP contribution in [0.4, 0.5) is 0 Å². The summed E-state index contributed by atoms with van der Waals surface area (Å²) in [4.78, 5) is 10.2. The molecule has 0 saturated heterocycles. The van der Waals surface area contributed by atoms with Gasteiger partial charge in [0.05, 0.1) is 0 Å². The van der Waals surface area contributed by atoms with Gasteiger partial charge in [0, 0.05) is 5.92 Å². The molecule has 4 heteroatoms. The third-order valence-electron chi connectivity index (χ3n) is 1.65. The Balaban J connectivity index is 0. The van der Waals surface area contributed by atoms with Crippen molar-refractivity contribution in [2.24, 2.45) is 5.92 Å². The van der Waals surface area contributed by atoms with Crippen molar-refractivity contribution >= 4 is 23.3 Å².